The van der Waals surface area contributed by atoms with Crippen LogP contribution in [0.15, 0.2) is 41.3 Å². The third kappa shape index (κ3) is 2.07. The zero-order chi connectivity index (χ0) is 13.3. The highest BCUT2D eigenvalue weighted by molar-refractivity contribution is 7.87. The molecule has 0 saturated heterocycles. The van der Waals surface area contributed by atoms with Crippen LogP contribution in [-0.2, 0) is 14.3 Å². The molecule has 0 aliphatic heterocycles. The van der Waals surface area contributed by atoms with Gasteiger partial charge in [-0.1, -0.05) is 24.3 Å². The van der Waals surface area contributed by atoms with Gasteiger partial charge in [-0.3, -0.25) is 4.18 Å². The molecule has 0 fully saturated rings. The van der Waals surface area contributed by atoms with Gasteiger partial charge in [0.05, 0.1) is 7.11 Å². The lowest BCUT2D eigenvalue weighted by Gasteiger charge is -2.16. The molecule has 2 rings (SSSR count). The summed E-state index contributed by atoms with van der Waals surface area (Å²) in [6.07, 6.45) is 0. The minimum Gasteiger partial charge on any atom is -0.377 e. The third-order valence-corrected chi connectivity index (χ3v) is 3.97. The second-order valence-corrected chi connectivity index (χ2v) is 5.68. The van der Waals surface area contributed by atoms with Crippen molar-refractivity contribution in [3.63, 3.8) is 0 Å². The Kier molecular flexibility index (Phi) is 3.28. The van der Waals surface area contributed by atoms with Gasteiger partial charge in [0.1, 0.15) is 4.90 Å². The predicted octanol–water partition coefficient (Wildman–Crippen LogP) is 2.40. The van der Waals surface area contributed by atoms with E-state index >= 15 is 0 Å². The Morgan fingerprint density at radius 2 is 1.67 bits per heavy atom. The molecular weight excluding hydrogens is 250 g/mol. The highest BCUT2D eigenvalue weighted by atomic mass is 32.2. The summed E-state index contributed by atoms with van der Waals surface area (Å²) < 4.78 is 27.9. The summed E-state index contributed by atoms with van der Waals surface area (Å²) in [5.74, 6) is 0. The molecule has 1 radical (unpaired) electrons. The SMILES string of the molecule is [CH2]OS(=O)(=O)c1cccc2c(N(C)C)cccc12. The van der Waals surface area contributed by atoms with Crippen LogP contribution < -0.4 is 4.90 Å². The Hall–Kier alpha value is -1.59. The molecule has 0 bridgehead atoms. The molecule has 0 amide bonds. The normalized spacial score (nSPS) is 11.7. The first-order valence-corrected chi connectivity index (χ1v) is 6.76. The van der Waals surface area contributed by atoms with E-state index in [0.717, 1.165) is 11.1 Å². The van der Waals surface area contributed by atoms with Crippen molar-refractivity contribution in [1.82, 2.24) is 0 Å². The first-order chi connectivity index (χ1) is 8.47. The van der Waals surface area contributed by atoms with Gasteiger partial charge < -0.3 is 4.90 Å². The van der Waals surface area contributed by atoms with E-state index in [1.165, 1.54) is 6.07 Å². The fraction of sp³-hybridized carbons (Fsp3) is 0.154. The molecule has 0 aromatic heterocycles. The molecular formula is C13H14NO3S. The summed E-state index contributed by atoms with van der Waals surface area (Å²) in [4.78, 5) is 2.07. The standard InChI is InChI=1S/C13H14NO3S/c1-14(2)12-8-4-7-11-10(12)6-5-9-13(11)18(15,16)17-3/h4-9H,3H2,1-2H3. The van der Waals surface area contributed by atoms with Gasteiger partial charge in [0, 0.05) is 30.6 Å². The van der Waals surface area contributed by atoms with Crippen molar-refractivity contribution in [2.75, 3.05) is 19.0 Å². The van der Waals surface area contributed by atoms with Gasteiger partial charge in [-0.15, -0.1) is 0 Å². The van der Waals surface area contributed by atoms with Crippen molar-refractivity contribution in [3.05, 3.63) is 43.5 Å². The minimum atomic E-state index is -3.80. The second-order valence-electron chi connectivity index (χ2n) is 4.09. The summed E-state index contributed by atoms with van der Waals surface area (Å²) in [5, 5.41) is 1.49. The van der Waals surface area contributed by atoms with Crippen LogP contribution in [0.25, 0.3) is 10.8 Å². The van der Waals surface area contributed by atoms with Crippen LogP contribution in [0.4, 0.5) is 5.69 Å². The molecule has 95 valence electrons. The molecule has 0 aliphatic carbocycles. The Labute approximate surface area is 107 Å². The van der Waals surface area contributed by atoms with Crippen LogP contribution in [0.2, 0.25) is 0 Å². The maximum absolute atomic E-state index is 11.8. The van der Waals surface area contributed by atoms with Crippen LogP contribution in [0.3, 0.4) is 0 Å². The topological polar surface area (TPSA) is 46.6 Å². The van der Waals surface area contributed by atoms with E-state index in [1.807, 2.05) is 37.2 Å². The van der Waals surface area contributed by atoms with E-state index in [0.29, 0.717) is 5.39 Å². The molecule has 2 aromatic carbocycles. The number of hydrogen-bond acceptors (Lipinski definition) is 4. The molecule has 0 heterocycles. The summed E-state index contributed by atoms with van der Waals surface area (Å²) in [5.41, 5.74) is 0.952. The Morgan fingerprint density at radius 3 is 2.28 bits per heavy atom. The van der Waals surface area contributed by atoms with Gasteiger partial charge in [0.25, 0.3) is 10.1 Å². The van der Waals surface area contributed by atoms with Gasteiger partial charge in [-0.05, 0) is 12.1 Å². The smallest absolute Gasteiger partial charge is 0.297 e. The molecule has 0 unspecified atom stereocenters. The summed E-state index contributed by atoms with van der Waals surface area (Å²) in [6, 6.07) is 10.6. The number of anilines is 1. The van der Waals surface area contributed by atoms with Gasteiger partial charge >= 0.3 is 0 Å². The molecule has 18 heavy (non-hydrogen) atoms. The lowest BCUT2D eigenvalue weighted by atomic mass is 10.1. The average molecular weight is 264 g/mol. The number of fused-ring (bicyclic) bond motifs is 1. The van der Waals surface area contributed by atoms with Gasteiger partial charge in [0.2, 0.25) is 0 Å². The number of benzene rings is 2. The van der Waals surface area contributed by atoms with Crippen molar-refractivity contribution in [3.8, 4) is 0 Å². The number of rotatable bonds is 3. The van der Waals surface area contributed by atoms with Crippen LogP contribution in [0, 0.1) is 7.11 Å². The lowest BCUT2D eigenvalue weighted by molar-refractivity contribution is 0.439. The van der Waals surface area contributed by atoms with Crippen molar-refractivity contribution in [2.24, 2.45) is 0 Å². The molecule has 0 spiro atoms. The Balaban J connectivity index is 2.84. The number of hydrogen-bond donors (Lipinski definition) is 0. The predicted molar refractivity (Wildman–Crippen MR) is 71.9 cm³/mol. The monoisotopic (exact) mass is 264 g/mol. The van der Waals surface area contributed by atoms with Gasteiger partial charge in [-0.25, -0.2) is 0 Å². The van der Waals surface area contributed by atoms with Crippen LogP contribution in [0.5, 0.6) is 0 Å². The first-order valence-electron chi connectivity index (χ1n) is 5.35. The molecule has 4 nitrogen and oxygen atoms in total. The highest BCUT2D eigenvalue weighted by Crippen LogP contribution is 2.30. The molecule has 0 aliphatic rings. The minimum absolute atomic E-state index is 0.138. The van der Waals surface area contributed by atoms with Crippen molar-refractivity contribution >= 4 is 26.6 Å². The van der Waals surface area contributed by atoms with Crippen LogP contribution >= 0.6 is 0 Å². The summed E-state index contributed by atoms with van der Waals surface area (Å²) in [7, 11) is 3.02. The van der Waals surface area contributed by atoms with E-state index in [-0.39, 0.29) is 4.90 Å². The molecule has 0 saturated carbocycles. The maximum Gasteiger partial charge on any atom is 0.297 e. The third-order valence-electron chi connectivity index (χ3n) is 2.77. The fourth-order valence-electron chi connectivity index (χ4n) is 1.94. The van der Waals surface area contributed by atoms with E-state index in [2.05, 4.69) is 11.3 Å². The zero-order valence-corrected chi connectivity index (χ0v) is 11.1. The summed E-state index contributed by atoms with van der Waals surface area (Å²) >= 11 is 0. The average Bonchev–Trinajstić information content (AvgIpc) is 2.37. The highest BCUT2D eigenvalue weighted by Gasteiger charge is 2.17. The maximum atomic E-state index is 11.8. The molecule has 0 atom stereocenters. The van der Waals surface area contributed by atoms with E-state index in [1.54, 1.807) is 12.1 Å². The molecule has 2 aromatic rings. The van der Waals surface area contributed by atoms with E-state index < -0.39 is 10.1 Å². The Bertz CT molecular complexity index is 678. The zero-order valence-electron chi connectivity index (χ0n) is 10.3. The quantitative estimate of drug-likeness (QED) is 0.799. The van der Waals surface area contributed by atoms with Crippen molar-refractivity contribution in [2.45, 2.75) is 4.90 Å². The van der Waals surface area contributed by atoms with Gasteiger partial charge in [-0.2, -0.15) is 8.42 Å². The van der Waals surface area contributed by atoms with Gasteiger partial charge in [0.15, 0.2) is 0 Å². The van der Waals surface area contributed by atoms with E-state index in [9.17, 15) is 8.42 Å². The van der Waals surface area contributed by atoms with Crippen LogP contribution in [0.1, 0.15) is 0 Å². The van der Waals surface area contributed by atoms with Crippen molar-refractivity contribution in [1.29, 1.82) is 0 Å². The van der Waals surface area contributed by atoms with E-state index in [4.69, 9.17) is 0 Å². The van der Waals surface area contributed by atoms with Crippen molar-refractivity contribution < 1.29 is 12.6 Å². The Morgan fingerprint density at radius 1 is 1.06 bits per heavy atom. The fourth-order valence-corrected chi connectivity index (χ4v) is 2.76. The first kappa shape index (κ1) is 12.9. The lowest BCUT2D eigenvalue weighted by Crippen LogP contribution is -2.09. The van der Waals surface area contributed by atoms with Crippen LogP contribution in [-0.4, -0.2) is 22.5 Å². The summed E-state index contributed by atoms with van der Waals surface area (Å²) in [6.45, 7) is 0. The molecule has 0 N–H and O–H groups in total. The molecule has 5 heteroatoms. The second kappa shape index (κ2) is 4.59. The number of nitrogens with zero attached hydrogens (tertiary/aromatic N) is 1. The largest absolute Gasteiger partial charge is 0.377 e.